The number of rotatable bonds is 5. The van der Waals surface area contributed by atoms with Gasteiger partial charge in [0.15, 0.2) is 0 Å². The molecule has 4 unspecified atom stereocenters. The third-order valence-electron chi connectivity index (χ3n) is 5.54. The average molecular weight is 343 g/mol. The van der Waals surface area contributed by atoms with Crippen molar-refractivity contribution in [3.05, 3.63) is 48.3 Å². The van der Waals surface area contributed by atoms with Gasteiger partial charge in [-0.05, 0) is 43.5 Å². The van der Waals surface area contributed by atoms with Crippen molar-refractivity contribution in [3.8, 4) is 0 Å². The number of hydrogen-bond acceptors (Lipinski definition) is 4. The Morgan fingerprint density at radius 1 is 1.20 bits per heavy atom. The van der Waals surface area contributed by atoms with Gasteiger partial charge in [-0.2, -0.15) is 0 Å². The molecule has 134 valence electrons. The van der Waals surface area contributed by atoms with E-state index in [0.29, 0.717) is 12.2 Å². The molecule has 0 aromatic carbocycles. The fourth-order valence-electron chi connectivity index (χ4n) is 4.06. The summed E-state index contributed by atoms with van der Waals surface area (Å²) in [5, 5.41) is 10.5. The molecule has 1 aliphatic carbocycles. The predicted molar refractivity (Wildman–Crippen MR) is 91.8 cm³/mol. The second kappa shape index (κ2) is 7.08. The van der Waals surface area contributed by atoms with Crippen molar-refractivity contribution in [3.63, 3.8) is 0 Å². The number of aliphatic hydroxyl groups is 1. The van der Waals surface area contributed by atoms with Crippen LogP contribution in [0.5, 0.6) is 0 Å². The molecule has 4 rings (SSSR count). The molecular formula is C20H25NO4. The van der Waals surface area contributed by atoms with Crippen LogP contribution in [0.25, 0.3) is 0 Å². The zero-order valence-corrected chi connectivity index (χ0v) is 14.3. The minimum absolute atomic E-state index is 0.0347. The first-order chi connectivity index (χ1) is 12.2. The maximum Gasteiger partial charge on any atom is 0.226 e. The molecule has 1 N–H and O–H groups in total. The summed E-state index contributed by atoms with van der Waals surface area (Å²) < 4.78 is 10.8. The third kappa shape index (κ3) is 3.52. The number of nitrogens with zero attached hydrogens (tertiary/aromatic N) is 1. The summed E-state index contributed by atoms with van der Waals surface area (Å²) in [5.41, 5.74) is 0. The largest absolute Gasteiger partial charge is 0.469 e. The Balaban J connectivity index is 1.44. The summed E-state index contributed by atoms with van der Waals surface area (Å²) in [5.74, 6) is 1.98. The highest BCUT2D eigenvalue weighted by Crippen LogP contribution is 2.49. The Labute approximate surface area is 147 Å². The van der Waals surface area contributed by atoms with Crippen LogP contribution in [0.15, 0.2) is 45.6 Å². The van der Waals surface area contributed by atoms with E-state index in [1.807, 2.05) is 17.0 Å². The summed E-state index contributed by atoms with van der Waals surface area (Å²) >= 11 is 0. The van der Waals surface area contributed by atoms with E-state index < -0.39 is 6.10 Å². The van der Waals surface area contributed by atoms with Gasteiger partial charge in [-0.1, -0.05) is 12.8 Å². The van der Waals surface area contributed by atoms with Crippen LogP contribution < -0.4 is 0 Å². The Morgan fingerprint density at radius 3 is 2.80 bits per heavy atom. The number of aliphatic hydroxyl groups excluding tert-OH is 1. The van der Waals surface area contributed by atoms with E-state index in [0.717, 1.165) is 44.4 Å². The Morgan fingerprint density at radius 2 is 2.04 bits per heavy atom. The van der Waals surface area contributed by atoms with E-state index >= 15 is 0 Å². The molecule has 0 spiro atoms. The summed E-state index contributed by atoms with van der Waals surface area (Å²) in [6.45, 7) is 0.787. The number of likely N-dealkylation sites (tertiary alicyclic amines) is 1. The molecule has 5 heteroatoms. The van der Waals surface area contributed by atoms with Gasteiger partial charge < -0.3 is 18.8 Å². The minimum atomic E-state index is -0.659. The van der Waals surface area contributed by atoms with E-state index in [2.05, 4.69) is 0 Å². The molecule has 1 saturated heterocycles. The average Bonchev–Trinajstić information content (AvgIpc) is 3.02. The molecule has 3 heterocycles. The second-order valence-corrected chi connectivity index (χ2v) is 7.27. The highest BCUT2D eigenvalue weighted by atomic mass is 16.4. The predicted octanol–water partition coefficient (Wildman–Crippen LogP) is 3.87. The molecule has 0 bridgehead atoms. The molecule has 0 radical (unpaired) electrons. The van der Waals surface area contributed by atoms with E-state index in [4.69, 9.17) is 8.83 Å². The van der Waals surface area contributed by atoms with Gasteiger partial charge in [0.05, 0.1) is 12.5 Å². The summed E-state index contributed by atoms with van der Waals surface area (Å²) in [6.07, 6.45) is 8.23. The Bertz CT molecular complexity index is 679. The number of carbonyl (C=O) groups is 1. The molecule has 1 saturated carbocycles. The monoisotopic (exact) mass is 343 g/mol. The van der Waals surface area contributed by atoms with E-state index in [1.165, 1.54) is 0 Å². The molecule has 2 aliphatic rings. The van der Waals surface area contributed by atoms with Crippen LogP contribution in [-0.2, 0) is 4.79 Å². The van der Waals surface area contributed by atoms with Crippen molar-refractivity contribution < 1.29 is 18.7 Å². The van der Waals surface area contributed by atoms with Gasteiger partial charge in [0, 0.05) is 30.8 Å². The normalized spacial score (nSPS) is 27.7. The van der Waals surface area contributed by atoms with Crippen molar-refractivity contribution in [2.24, 2.45) is 5.92 Å². The van der Waals surface area contributed by atoms with Crippen molar-refractivity contribution in [2.75, 3.05) is 6.54 Å². The zero-order chi connectivity index (χ0) is 17.2. The lowest BCUT2D eigenvalue weighted by atomic mass is 10.0. The first-order valence-electron chi connectivity index (χ1n) is 9.29. The SMILES string of the molecule is O=C(C1CC1c1ccco1)N1CCCCCC1CC(O)c1ccco1. The molecule has 2 aromatic heterocycles. The van der Waals surface area contributed by atoms with E-state index in [9.17, 15) is 9.90 Å². The number of furan rings is 2. The van der Waals surface area contributed by atoms with Gasteiger partial charge in [0.2, 0.25) is 5.91 Å². The van der Waals surface area contributed by atoms with Crippen LogP contribution in [0.2, 0.25) is 0 Å². The van der Waals surface area contributed by atoms with Gasteiger partial charge in [-0.25, -0.2) is 0 Å². The lowest BCUT2D eigenvalue weighted by Gasteiger charge is -2.31. The standard InChI is InChI=1S/C20H25NO4/c22-17(19-8-5-11-25-19)12-14-6-2-1-3-9-21(14)20(23)16-13-15(16)18-7-4-10-24-18/h4-5,7-8,10-11,14-17,22H,1-3,6,9,12-13H2. The quantitative estimate of drug-likeness (QED) is 0.895. The van der Waals surface area contributed by atoms with E-state index in [-0.39, 0.29) is 23.8 Å². The fourth-order valence-corrected chi connectivity index (χ4v) is 4.06. The molecule has 4 atom stereocenters. The van der Waals surface area contributed by atoms with Crippen LogP contribution >= 0.6 is 0 Å². The minimum Gasteiger partial charge on any atom is -0.469 e. The number of hydrogen-bond donors (Lipinski definition) is 1. The van der Waals surface area contributed by atoms with Crippen molar-refractivity contribution in [1.82, 2.24) is 4.90 Å². The van der Waals surface area contributed by atoms with Crippen LogP contribution in [0.4, 0.5) is 0 Å². The van der Waals surface area contributed by atoms with Crippen LogP contribution in [0, 0.1) is 5.92 Å². The molecular weight excluding hydrogens is 318 g/mol. The summed E-state index contributed by atoms with van der Waals surface area (Å²) in [4.78, 5) is 15.1. The topological polar surface area (TPSA) is 66.8 Å². The van der Waals surface area contributed by atoms with Crippen LogP contribution in [0.1, 0.15) is 62.1 Å². The lowest BCUT2D eigenvalue weighted by molar-refractivity contribution is -0.135. The third-order valence-corrected chi connectivity index (χ3v) is 5.54. The van der Waals surface area contributed by atoms with Gasteiger partial charge in [-0.3, -0.25) is 4.79 Å². The summed E-state index contributed by atoms with van der Waals surface area (Å²) in [7, 11) is 0. The molecule has 2 aromatic rings. The first kappa shape index (κ1) is 16.5. The fraction of sp³-hybridized carbons (Fsp3) is 0.550. The number of amides is 1. The molecule has 2 fully saturated rings. The second-order valence-electron chi connectivity index (χ2n) is 7.27. The van der Waals surface area contributed by atoms with Crippen molar-refractivity contribution in [2.45, 2.75) is 56.6 Å². The van der Waals surface area contributed by atoms with Crippen molar-refractivity contribution in [1.29, 1.82) is 0 Å². The molecule has 25 heavy (non-hydrogen) atoms. The smallest absolute Gasteiger partial charge is 0.226 e. The van der Waals surface area contributed by atoms with Gasteiger partial charge in [0.1, 0.15) is 17.6 Å². The highest BCUT2D eigenvalue weighted by molar-refractivity contribution is 5.83. The maximum atomic E-state index is 13.1. The highest BCUT2D eigenvalue weighted by Gasteiger charge is 2.48. The number of carbonyl (C=O) groups excluding carboxylic acids is 1. The summed E-state index contributed by atoms with van der Waals surface area (Å²) in [6, 6.07) is 7.49. The van der Waals surface area contributed by atoms with E-state index in [1.54, 1.807) is 24.7 Å². The van der Waals surface area contributed by atoms with Gasteiger partial charge in [-0.15, -0.1) is 0 Å². The first-order valence-corrected chi connectivity index (χ1v) is 9.29. The lowest BCUT2D eigenvalue weighted by Crippen LogP contribution is -2.42. The van der Waals surface area contributed by atoms with Gasteiger partial charge in [0.25, 0.3) is 0 Å². The molecule has 1 aliphatic heterocycles. The van der Waals surface area contributed by atoms with Crippen molar-refractivity contribution >= 4 is 5.91 Å². The maximum absolute atomic E-state index is 13.1. The molecule has 1 amide bonds. The van der Waals surface area contributed by atoms with Gasteiger partial charge >= 0.3 is 0 Å². The van der Waals surface area contributed by atoms with Crippen LogP contribution in [-0.4, -0.2) is 28.5 Å². The zero-order valence-electron chi connectivity index (χ0n) is 14.3. The van der Waals surface area contributed by atoms with Crippen LogP contribution in [0.3, 0.4) is 0 Å². The molecule has 5 nitrogen and oxygen atoms in total. The Kier molecular flexibility index (Phi) is 4.66. The Hall–Kier alpha value is -2.01.